The lowest BCUT2D eigenvalue weighted by atomic mass is 10.1. The minimum atomic E-state index is 0.538. The zero-order chi connectivity index (χ0) is 14.1. The van der Waals surface area contributed by atoms with Gasteiger partial charge >= 0.3 is 0 Å². The number of fused-ring (bicyclic) bond motifs is 1. The fourth-order valence-electron chi connectivity index (χ4n) is 2.05. The molecule has 1 aromatic carbocycles. The smallest absolute Gasteiger partial charge is 0.234 e. The van der Waals surface area contributed by atoms with Crippen molar-refractivity contribution in [1.29, 1.82) is 0 Å². The molecule has 0 bridgehead atoms. The number of nitrogens with zero attached hydrogens (tertiary/aromatic N) is 4. The zero-order valence-corrected chi connectivity index (χ0v) is 12.4. The SMILES string of the molecule is CC(C)Cc1nnc2sc(-c3ccc(CN)cc3)nn12. The maximum Gasteiger partial charge on any atom is 0.234 e. The Morgan fingerprint density at radius 1 is 1.20 bits per heavy atom. The van der Waals surface area contributed by atoms with E-state index in [0.29, 0.717) is 12.5 Å². The predicted molar refractivity (Wildman–Crippen MR) is 80.5 cm³/mol. The van der Waals surface area contributed by atoms with Crippen LogP contribution in [0.3, 0.4) is 0 Å². The quantitative estimate of drug-likeness (QED) is 0.800. The van der Waals surface area contributed by atoms with E-state index in [0.717, 1.165) is 33.3 Å². The van der Waals surface area contributed by atoms with Gasteiger partial charge in [0.25, 0.3) is 0 Å². The molecule has 104 valence electrons. The monoisotopic (exact) mass is 287 g/mol. The molecule has 0 amide bonds. The molecule has 0 saturated heterocycles. The molecule has 3 aromatic rings. The van der Waals surface area contributed by atoms with E-state index < -0.39 is 0 Å². The van der Waals surface area contributed by atoms with Gasteiger partial charge in [0.15, 0.2) is 5.82 Å². The predicted octanol–water partition coefficient (Wildman–Crippen LogP) is 2.51. The summed E-state index contributed by atoms with van der Waals surface area (Å²) >= 11 is 1.56. The van der Waals surface area contributed by atoms with Crippen LogP contribution in [-0.2, 0) is 13.0 Å². The van der Waals surface area contributed by atoms with Crippen LogP contribution in [0.1, 0.15) is 25.2 Å². The minimum absolute atomic E-state index is 0.538. The van der Waals surface area contributed by atoms with Crippen LogP contribution in [0, 0.1) is 5.92 Å². The van der Waals surface area contributed by atoms with E-state index in [4.69, 9.17) is 5.73 Å². The van der Waals surface area contributed by atoms with Gasteiger partial charge in [-0.15, -0.1) is 10.2 Å². The molecule has 6 heteroatoms. The summed E-state index contributed by atoms with van der Waals surface area (Å²) < 4.78 is 1.86. The van der Waals surface area contributed by atoms with Gasteiger partial charge in [0.2, 0.25) is 4.96 Å². The number of nitrogens with two attached hydrogens (primary N) is 1. The number of hydrogen-bond donors (Lipinski definition) is 1. The Morgan fingerprint density at radius 3 is 2.60 bits per heavy atom. The number of benzene rings is 1. The highest BCUT2D eigenvalue weighted by molar-refractivity contribution is 7.19. The van der Waals surface area contributed by atoms with Gasteiger partial charge in [0.05, 0.1) is 0 Å². The van der Waals surface area contributed by atoms with E-state index in [2.05, 4.69) is 41.3 Å². The Kier molecular flexibility index (Phi) is 3.50. The summed E-state index contributed by atoms with van der Waals surface area (Å²) in [5.41, 5.74) is 7.83. The van der Waals surface area contributed by atoms with E-state index in [1.54, 1.807) is 11.3 Å². The maximum absolute atomic E-state index is 5.61. The molecular weight excluding hydrogens is 270 g/mol. The first-order valence-electron chi connectivity index (χ1n) is 6.68. The molecule has 0 unspecified atom stereocenters. The molecule has 2 N–H and O–H groups in total. The van der Waals surface area contributed by atoms with Gasteiger partial charge in [0, 0.05) is 18.5 Å². The van der Waals surface area contributed by atoms with Crippen LogP contribution < -0.4 is 5.73 Å². The lowest BCUT2D eigenvalue weighted by molar-refractivity contribution is 0.607. The van der Waals surface area contributed by atoms with Crippen LogP contribution in [0.25, 0.3) is 15.5 Å². The highest BCUT2D eigenvalue weighted by atomic mass is 32.1. The van der Waals surface area contributed by atoms with Crippen LogP contribution in [-0.4, -0.2) is 19.8 Å². The molecule has 0 aliphatic carbocycles. The Labute approximate surface area is 121 Å². The molecule has 0 saturated carbocycles. The molecule has 3 rings (SSSR count). The first-order valence-corrected chi connectivity index (χ1v) is 7.49. The summed E-state index contributed by atoms with van der Waals surface area (Å²) in [6, 6.07) is 8.17. The van der Waals surface area contributed by atoms with Crippen molar-refractivity contribution in [2.75, 3.05) is 0 Å². The molecule has 2 heterocycles. The van der Waals surface area contributed by atoms with Gasteiger partial charge in [-0.2, -0.15) is 9.61 Å². The van der Waals surface area contributed by atoms with E-state index in [9.17, 15) is 0 Å². The van der Waals surface area contributed by atoms with Crippen molar-refractivity contribution in [2.45, 2.75) is 26.8 Å². The van der Waals surface area contributed by atoms with Gasteiger partial charge < -0.3 is 5.73 Å². The molecule has 0 aliphatic rings. The topological polar surface area (TPSA) is 69.1 Å². The summed E-state index contributed by atoms with van der Waals surface area (Å²) in [7, 11) is 0. The number of rotatable bonds is 4. The zero-order valence-electron chi connectivity index (χ0n) is 11.6. The van der Waals surface area contributed by atoms with Crippen molar-refractivity contribution >= 4 is 16.3 Å². The number of hydrogen-bond acceptors (Lipinski definition) is 5. The second kappa shape index (κ2) is 5.30. The Hall–Kier alpha value is -1.79. The van der Waals surface area contributed by atoms with E-state index >= 15 is 0 Å². The van der Waals surface area contributed by atoms with Crippen LogP contribution in [0.15, 0.2) is 24.3 Å². The molecule has 0 fully saturated rings. The van der Waals surface area contributed by atoms with Gasteiger partial charge in [-0.05, 0) is 11.5 Å². The average molecular weight is 287 g/mol. The van der Waals surface area contributed by atoms with E-state index in [1.165, 1.54) is 0 Å². The highest BCUT2D eigenvalue weighted by Gasteiger charge is 2.13. The van der Waals surface area contributed by atoms with E-state index in [1.807, 2.05) is 16.6 Å². The van der Waals surface area contributed by atoms with Crippen LogP contribution >= 0.6 is 11.3 Å². The van der Waals surface area contributed by atoms with Crippen molar-refractivity contribution in [3.63, 3.8) is 0 Å². The van der Waals surface area contributed by atoms with Gasteiger partial charge in [-0.3, -0.25) is 0 Å². The summed E-state index contributed by atoms with van der Waals surface area (Å²) in [5, 5.41) is 14.0. The number of aromatic nitrogens is 4. The first kappa shape index (κ1) is 13.2. The van der Waals surface area contributed by atoms with Crippen LogP contribution in [0.2, 0.25) is 0 Å². The Morgan fingerprint density at radius 2 is 1.95 bits per heavy atom. The van der Waals surface area contributed by atoms with Crippen molar-refractivity contribution in [3.8, 4) is 10.6 Å². The lowest BCUT2D eigenvalue weighted by Crippen LogP contribution is -2.01. The second-order valence-corrected chi connectivity index (χ2v) is 6.17. The lowest BCUT2D eigenvalue weighted by Gasteiger charge is -2.00. The average Bonchev–Trinajstić information content (AvgIpc) is 3.01. The minimum Gasteiger partial charge on any atom is -0.326 e. The normalized spacial score (nSPS) is 11.6. The van der Waals surface area contributed by atoms with Crippen LogP contribution in [0.4, 0.5) is 0 Å². The van der Waals surface area contributed by atoms with Gasteiger partial charge in [0.1, 0.15) is 5.01 Å². The third kappa shape index (κ3) is 2.44. The summed E-state index contributed by atoms with van der Waals surface area (Å²) in [5.74, 6) is 1.47. The van der Waals surface area contributed by atoms with Gasteiger partial charge in [-0.25, -0.2) is 0 Å². The van der Waals surface area contributed by atoms with Crippen molar-refractivity contribution in [1.82, 2.24) is 19.8 Å². The molecule has 20 heavy (non-hydrogen) atoms. The van der Waals surface area contributed by atoms with Gasteiger partial charge in [-0.1, -0.05) is 49.4 Å². The molecule has 0 spiro atoms. The van der Waals surface area contributed by atoms with E-state index in [-0.39, 0.29) is 0 Å². The second-order valence-electron chi connectivity index (χ2n) is 5.22. The molecule has 2 aromatic heterocycles. The third-order valence-electron chi connectivity index (χ3n) is 3.08. The molecule has 0 radical (unpaired) electrons. The van der Waals surface area contributed by atoms with Crippen molar-refractivity contribution < 1.29 is 0 Å². The maximum atomic E-state index is 5.61. The van der Waals surface area contributed by atoms with Crippen molar-refractivity contribution in [2.24, 2.45) is 11.7 Å². The first-order chi connectivity index (χ1) is 9.67. The highest BCUT2D eigenvalue weighted by Crippen LogP contribution is 2.26. The summed E-state index contributed by atoms with van der Waals surface area (Å²) in [6.07, 6.45) is 0.885. The third-order valence-corrected chi connectivity index (χ3v) is 4.03. The Bertz CT molecular complexity index is 711. The molecular formula is C14H17N5S. The molecule has 0 aliphatic heterocycles. The Balaban J connectivity index is 1.97. The largest absolute Gasteiger partial charge is 0.326 e. The van der Waals surface area contributed by atoms with Crippen LogP contribution in [0.5, 0.6) is 0 Å². The molecule has 0 atom stereocenters. The fraction of sp³-hybridized carbons (Fsp3) is 0.357. The summed E-state index contributed by atoms with van der Waals surface area (Å²) in [4.78, 5) is 0.846. The molecule has 5 nitrogen and oxygen atoms in total. The van der Waals surface area contributed by atoms with Crippen molar-refractivity contribution in [3.05, 3.63) is 35.7 Å². The fourth-order valence-corrected chi connectivity index (χ4v) is 2.91. The summed E-state index contributed by atoms with van der Waals surface area (Å²) in [6.45, 7) is 4.89. The standard InChI is InChI=1S/C14H17N5S/c1-9(2)7-12-16-17-14-19(12)18-13(20-14)11-5-3-10(8-15)4-6-11/h3-6,9H,7-8,15H2,1-2H3.